The molecular weight excluding hydrogens is 464 g/mol. The maximum absolute atomic E-state index is 14.0. The molecule has 1 amide bonds. The lowest BCUT2D eigenvalue weighted by Gasteiger charge is -2.24. The number of nitrogens with zero attached hydrogens (tertiary/aromatic N) is 2. The van der Waals surface area contributed by atoms with Gasteiger partial charge in [0, 0.05) is 6.20 Å². The van der Waals surface area contributed by atoms with Gasteiger partial charge in [-0.1, -0.05) is 18.2 Å². The number of carbonyl (C=O) groups excluding carboxylic acids is 3. The fraction of sp³-hybridized carbons (Fsp3) is 0.350. The molecule has 34 heavy (non-hydrogen) atoms. The van der Waals surface area contributed by atoms with Gasteiger partial charge in [0.2, 0.25) is 6.79 Å². The van der Waals surface area contributed by atoms with Crippen LogP contribution in [0, 0.1) is 13.8 Å². The Hall–Kier alpha value is -3.75. The predicted octanol–water partition coefficient (Wildman–Crippen LogP) is 0.213. The van der Waals surface area contributed by atoms with Crippen molar-refractivity contribution in [2.45, 2.75) is 32.0 Å². The minimum atomic E-state index is -4.64. The van der Waals surface area contributed by atoms with Crippen molar-refractivity contribution in [2.75, 3.05) is 18.7 Å². The van der Waals surface area contributed by atoms with Crippen molar-refractivity contribution in [1.29, 1.82) is 0 Å². The number of aliphatic hydroxyl groups excluding tert-OH is 3. The number of aryl methyl sites for hydroxylation is 2. The zero-order valence-electron chi connectivity index (χ0n) is 17.9. The topological polar surface area (TPSA) is 177 Å². The monoisotopic (exact) mass is 485 g/mol. The minimum absolute atomic E-state index is 0.157. The fourth-order valence-corrected chi connectivity index (χ4v) is 2.74. The van der Waals surface area contributed by atoms with Gasteiger partial charge in [-0.2, -0.15) is 13.8 Å². The maximum Gasteiger partial charge on any atom is 0.415 e. The first kappa shape index (κ1) is 26.5. The number of hydrogen-bond donors (Lipinski definition) is 4. The van der Waals surface area contributed by atoms with Crippen molar-refractivity contribution in [1.82, 2.24) is 9.55 Å². The summed E-state index contributed by atoms with van der Waals surface area (Å²) in [5.41, 5.74) is 0.0555. The van der Waals surface area contributed by atoms with E-state index in [0.29, 0.717) is 22.9 Å². The number of nitrogens with one attached hydrogen (secondary N) is 1. The molecule has 0 aliphatic carbocycles. The normalized spacial score (nSPS) is 13.0. The Morgan fingerprint density at radius 1 is 1.15 bits per heavy atom. The molecular formula is C20H21F2N3O9. The molecule has 0 saturated heterocycles. The van der Waals surface area contributed by atoms with Gasteiger partial charge in [0.05, 0.1) is 12.2 Å². The first-order valence-corrected chi connectivity index (χ1v) is 9.56. The van der Waals surface area contributed by atoms with Crippen molar-refractivity contribution >= 4 is 23.8 Å². The Kier molecular flexibility index (Phi) is 8.51. The van der Waals surface area contributed by atoms with Crippen LogP contribution in [0.25, 0.3) is 0 Å². The summed E-state index contributed by atoms with van der Waals surface area (Å²) in [5, 5.41) is 29.1. The zero-order valence-corrected chi connectivity index (χ0v) is 17.9. The number of halogens is 2. The number of anilines is 1. The van der Waals surface area contributed by atoms with Crippen LogP contribution in [-0.2, 0) is 9.47 Å². The summed E-state index contributed by atoms with van der Waals surface area (Å²) < 4.78 is 37.4. The molecule has 2 atom stereocenters. The second kappa shape index (κ2) is 10.9. The van der Waals surface area contributed by atoms with Gasteiger partial charge in [0.1, 0.15) is 11.9 Å². The molecule has 0 aliphatic rings. The molecule has 1 aromatic carbocycles. The molecule has 14 heteroatoms. The van der Waals surface area contributed by atoms with E-state index in [-0.39, 0.29) is 4.57 Å². The fourth-order valence-electron chi connectivity index (χ4n) is 2.74. The molecule has 4 N–H and O–H groups in total. The number of ether oxygens (including phenoxy) is 2. The zero-order chi connectivity index (χ0) is 25.6. The standard InChI is InChI=1S/C20H21F2N3O9/c1-10-4-3-5-11(2)14(10)16(29)33-9-34-19(32)24-13-6-7-25(18(31)23-13)17(30)20(21,22)15(28)12(27)8-26/h3-7,12,15,26-28H,8-9H2,1-2H3,(H,23,24,31,32)/t12-,15-/m1/s1. The first-order valence-electron chi connectivity index (χ1n) is 9.56. The maximum atomic E-state index is 14.0. The van der Waals surface area contributed by atoms with E-state index in [1.54, 1.807) is 32.0 Å². The van der Waals surface area contributed by atoms with E-state index in [9.17, 15) is 33.1 Å². The average molecular weight is 485 g/mol. The van der Waals surface area contributed by atoms with E-state index < -0.39 is 61.0 Å². The van der Waals surface area contributed by atoms with E-state index in [4.69, 9.17) is 14.9 Å². The second-order valence-electron chi connectivity index (χ2n) is 6.96. The highest BCUT2D eigenvalue weighted by Crippen LogP contribution is 2.23. The van der Waals surface area contributed by atoms with Gasteiger partial charge in [-0.3, -0.25) is 10.1 Å². The number of amides is 1. The Bertz CT molecular complexity index is 1120. The lowest BCUT2D eigenvalue weighted by molar-refractivity contribution is -0.136. The molecule has 1 heterocycles. The highest BCUT2D eigenvalue weighted by molar-refractivity contribution is 5.92. The summed E-state index contributed by atoms with van der Waals surface area (Å²) in [6.45, 7) is 1.34. The van der Waals surface area contributed by atoms with Gasteiger partial charge in [0.25, 0.3) is 0 Å². The number of hydrogen-bond acceptors (Lipinski definition) is 10. The highest BCUT2D eigenvalue weighted by Gasteiger charge is 2.50. The molecule has 0 unspecified atom stereocenters. The van der Waals surface area contributed by atoms with E-state index in [0.717, 1.165) is 6.07 Å². The van der Waals surface area contributed by atoms with Crippen LogP contribution in [0.5, 0.6) is 0 Å². The summed E-state index contributed by atoms with van der Waals surface area (Å²) in [4.78, 5) is 51.0. The van der Waals surface area contributed by atoms with Crippen LogP contribution in [0.15, 0.2) is 35.3 Å². The number of aromatic nitrogens is 2. The Labute approximate surface area is 190 Å². The summed E-state index contributed by atoms with van der Waals surface area (Å²) in [6, 6.07) is 5.94. The number of aliphatic hydroxyl groups is 3. The van der Waals surface area contributed by atoms with Crippen LogP contribution in [0.1, 0.15) is 26.3 Å². The summed E-state index contributed by atoms with van der Waals surface area (Å²) >= 11 is 0. The molecule has 0 spiro atoms. The van der Waals surface area contributed by atoms with Gasteiger partial charge in [-0.15, -0.1) is 0 Å². The SMILES string of the molecule is Cc1cccc(C)c1C(=O)OCOC(=O)Nc1ccn(C(=O)C(F)(F)[C@H](O)[C@H](O)CO)c(=O)n1. The Balaban J connectivity index is 1.99. The molecule has 0 radical (unpaired) electrons. The number of carbonyl (C=O) groups is 3. The molecule has 2 rings (SSSR count). The third-order valence-corrected chi connectivity index (χ3v) is 4.53. The minimum Gasteiger partial charge on any atom is -0.424 e. The molecule has 184 valence electrons. The molecule has 0 fully saturated rings. The average Bonchev–Trinajstić information content (AvgIpc) is 2.77. The second-order valence-corrected chi connectivity index (χ2v) is 6.96. The van der Waals surface area contributed by atoms with E-state index in [1.165, 1.54) is 0 Å². The van der Waals surface area contributed by atoms with E-state index >= 15 is 0 Å². The van der Waals surface area contributed by atoms with Crippen LogP contribution in [0.3, 0.4) is 0 Å². The van der Waals surface area contributed by atoms with Gasteiger partial charge >= 0.3 is 29.6 Å². The smallest absolute Gasteiger partial charge is 0.415 e. The molecule has 0 aliphatic heterocycles. The van der Waals surface area contributed by atoms with E-state index in [2.05, 4.69) is 9.72 Å². The summed E-state index contributed by atoms with van der Waals surface area (Å²) in [5.74, 6) is -8.09. The third-order valence-electron chi connectivity index (χ3n) is 4.53. The largest absolute Gasteiger partial charge is 0.424 e. The van der Waals surface area contributed by atoms with Crippen molar-refractivity contribution in [3.63, 3.8) is 0 Å². The van der Waals surface area contributed by atoms with Gasteiger partial charge in [-0.25, -0.2) is 19.0 Å². The summed E-state index contributed by atoms with van der Waals surface area (Å²) in [7, 11) is 0. The van der Waals surface area contributed by atoms with Gasteiger partial charge in [0.15, 0.2) is 6.10 Å². The Morgan fingerprint density at radius 2 is 1.76 bits per heavy atom. The van der Waals surface area contributed by atoms with Gasteiger partial charge < -0.3 is 24.8 Å². The molecule has 0 bridgehead atoms. The summed E-state index contributed by atoms with van der Waals surface area (Å²) in [6.07, 6.45) is -6.00. The molecule has 1 aromatic heterocycles. The van der Waals surface area contributed by atoms with Crippen LogP contribution in [-0.4, -0.2) is 74.4 Å². The number of rotatable bonds is 8. The van der Waals surface area contributed by atoms with Crippen molar-refractivity contribution in [2.24, 2.45) is 0 Å². The van der Waals surface area contributed by atoms with Gasteiger partial charge in [-0.05, 0) is 31.0 Å². The van der Waals surface area contributed by atoms with E-state index in [1.807, 2.05) is 5.32 Å². The first-order chi connectivity index (χ1) is 15.9. The molecule has 2 aromatic rings. The predicted molar refractivity (Wildman–Crippen MR) is 109 cm³/mol. The molecule has 0 saturated carbocycles. The number of benzene rings is 1. The van der Waals surface area contributed by atoms with Crippen LogP contribution >= 0.6 is 0 Å². The number of alkyl halides is 2. The van der Waals surface area contributed by atoms with Crippen LogP contribution < -0.4 is 11.0 Å². The van der Waals surface area contributed by atoms with Crippen molar-refractivity contribution < 1.29 is 48.0 Å². The van der Waals surface area contributed by atoms with Crippen molar-refractivity contribution in [3.05, 3.63) is 57.6 Å². The quantitative estimate of drug-likeness (QED) is 0.299. The van der Waals surface area contributed by atoms with Crippen LogP contribution in [0.2, 0.25) is 0 Å². The van der Waals surface area contributed by atoms with Crippen LogP contribution in [0.4, 0.5) is 19.4 Å². The van der Waals surface area contributed by atoms with Crippen molar-refractivity contribution in [3.8, 4) is 0 Å². The third kappa shape index (κ3) is 5.98. The Morgan fingerprint density at radius 3 is 2.32 bits per heavy atom. The lowest BCUT2D eigenvalue weighted by atomic mass is 10.0. The highest BCUT2D eigenvalue weighted by atomic mass is 19.3. The lowest BCUT2D eigenvalue weighted by Crippen LogP contribution is -2.53. The molecule has 12 nitrogen and oxygen atoms in total. The number of esters is 1.